The minimum absolute atomic E-state index is 0.344. The zero-order chi connectivity index (χ0) is 8.69. The van der Waals surface area contributed by atoms with Crippen molar-refractivity contribution in [2.75, 3.05) is 0 Å². The maximum absolute atomic E-state index is 12.6. The van der Waals surface area contributed by atoms with Crippen molar-refractivity contribution in [2.24, 2.45) is 0 Å². The molecule has 0 fully saturated rings. The lowest BCUT2D eigenvalue weighted by Gasteiger charge is -2.02. The van der Waals surface area contributed by atoms with Gasteiger partial charge in [0.1, 0.15) is 6.17 Å². The van der Waals surface area contributed by atoms with Crippen LogP contribution in [0.5, 0.6) is 0 Å². The molecule has 0 spiro atoms. The van der Waals surface area contributed by atoms with Crippen LogP contribution in [0, 0.1) is 0 Å². The molecule has 1 N–H and O–H groups in total. The largest absolute Gasteiger partial charge is 0.481 e. The highest BCUT2D eigenvalue weighted by molar-refractivity contribution is 5.67. The predicted molar refractivity (Wildman–Crippen MR) is 41.3 cm³/mol. The molecule has 11 heavy (non-hydrogen) atoms. The number of carboxylic acid groups (broad SMARTS) is 1. The summed E-state index contributed by atoms with van der Waals surface area (Å²) in [4.78, 5) is 10.0. The topological polar surface area (TPSA) is 37.3 Å². The summed E-state index contributed by atoms with van der Waals surface area (Å²) < 4.78 is 12.6. The quantitative estimate of drug-likeness (QED) is 0.609. The second kappa shape index (κ2) is 6.13. The van der Waals surface area contributed by atoms with Gasteiger partial charge in [-0.05, 0) is 6.42 Å². The Morgan fingerprint density at radius 2 is 2.18 bits per heavy atom. The van der Waals surface area contributed by atoms with Crippen molar-refractivity contribution in [3.8, 4) is 0 Å². The molecule has 2 nitrogen and oxygen atoms in total. The first-order valence-electron chi connectivity index (χ1n) is 4.02. The first kappa shape index (κ1) is 10.4. The van der Waals surface area contributed by atoms with E-state index in [0.717, 1.165) is 19.3 Å². The molecular formula is C8H15FO2. The minimum Gasteiger partial charge on any atom is -0.481 e. The second-order valence-corrected chi connectivity index (χ2v) is 2.69. The summed E-state index contributed by atoms with van der Waals surface area (Å²) in [6.07, 6.45) is 1.72. The van der Waals surface area contributed by atoms with Gasteiger partial charge < -0.3 is 5.11 Å². The van der Waals surface area contributed by atoms with E-state index in [9.17, 15) is 9.18 Å². The van der Waals surface area contributed by atoms with Crippen molar-refractivity contribution < 1.29 is 14.3 Å². The van der Waals surface area contributed by atoms with Crippen LogP contribution in [0.25, 0.3) is 0 Å². The van der Waals surface area contributed by atoms with Gasteiger partial charge in [-0.25, -0.2) is 4.39 Å². The highest BCUT2D eigenvalue weighted by Crippen LogP contribution is 2.09. The van der Waals surface area contributed by atoms with Crippen LogP contribution in [0.15, 0.2) is 0 Å². The minimum atomic E-state index is -1.15. The van der Waals surface area contributed by atoms with E-state index >= 15 is 0 Å². The van der Waals surface area contributed by atoms with Crippen molar-refractivity contribution >= 4 is 5.97 Å². The molecule has 1 unspecified atom stereocenters. The Morgan fingerprint density at radius 3 is 2.64 bits per heavy atom. The van der Waals surface area contributed by atoms with E-state index in [4.69, 9.17) is 5.11 Å². The zero-order valence-electron chi connectivity index (χ0n) is 6.85. The Balaban J connectivity index is 3.22. The SMILES string of the molecule is CCCCCC(F)CC(=O)O. The molecule has 0 aromatic carbocycles. The van der Waals surface area contributed by atoms with Crippen LogP contribution in [0.2, 0.25) is 0 Å². The van der Waals surface area contributed by atoms with E-state index in [2.05, 4.69) is 0 Å². The Bertz CT molecular complexity index is 115. The number of hydrogen-bond donors (Lipinski definition) is 1. The van der Waals surface area contributed by atoms with Gasteiger partial charge in [0.05, 0.1) is 6.42 Å². The molecule has 0 rings (SSSR count). The molecule has 0 aromatic heterocycles. The van der Waals surface area contributed by atoms with E-state index in [1.54, 1.807) is 0 Å². The molecule has 0 aromatic rings. The van der Waals surface area contributed by atoms with E-state index in [1.165, 1.54) is 0 Å². The number of alkyl halides is 1. The van der Waals surface area contributed by atoms with E-state index in [0.29, 0.717) is 6.42 Å². The highest BCUT2D eigenvalue weighted by Gasteiger charge is 2.09. The standard InChI is InChI=1S/C8H15FO2/c1-2-3-4-5-7(9)6-8(10)11/h7H,2-6H2,1H3,(H,10,11). The fourth-order valence-electron chi connectivity index (χ4n) is 0.907. The summed E-state index contributed by atoms with van der Waals surface area (Å²) in [6, 6.07) is 0. The maximum Gasteiger partial charge on any atom is 0.306 e. The van der Waals surface area contributed by atoms with Crippen LogP contribution in [-0.4, -0.2) is 17.2 Å². The lowest BCUT2D eigenvalue weighted by atomic mass is 10.1. The number of carboxylic acids is 1. The summed E-state index contributed by atoms with van der Waals surface area (Å²) in [6.45, 7) is 2.03. The zero-order valence-corrected chi connectivity index (χ0v) is 6.85. The summed E-state index contributed by atoms with van der Waals surface area (Å²) in [7, 11) is 0. The fraction of sp³-hybridized carbons (Fsp3) is 0.875. The molecule has 0 saturated heterocycles. The third-order valence-electron chi connectivity index (χ3n) is 1.52. The van der Waals surface area contributed by atoms with Crippen molar-refractivity contribution in [1.29, 1.82) is 0 Å². The molecule has 0 amide bonds. The first-order chi connectivity index (χ1) is 5.16. The average molecular weight is 162 g/mol. The van der Waals surface area contributed by atoms with Crippen LogP contribution in [0.3, 0.4) is 0 Å². The molecule has 3 heteroatoms. The van der Waals surface area contributed by atoms with Gasteiger partial charge >= 0.3 is 5.97 Å². The van der Waals surface area contributed by atoms with Crippen molar-refractivity contribution in [2.45, 2.75) is 45.2 Å². The number of unbranched alkanes of at least 4 members (excludes halogenated alkanes) is 2. The van der Waals surface area contributed by atoms with Crippen molar-refractivity contribution in [3.63, 3.8) is 0 Å². The van der Waals surface area contributed by atoms with Crippen LogP contribution >= 0.6 is 0 Å². The molecule has 0 saturated carbocycles. The van der Waals surface area contributed by atoms with Crippen molar-refractivity contribution in [1.82, 2.24) is 0 Å². The van der Waals surface area contributed by atoms with Gasteiger partial charge in [0.2, 0.25) is 0 Å². The van der Waals surface area contributed by atoms with Crippen molar-refractivity contribution in [3.05, 3.63) is 0 Å². The predicted octanol–water partition coefficient (Wildman–Crippen LogP) is 2.38. The van der Waals surface area contributed by atoms with E-state index < -0.39 is 12.1 Å². The third kappa shape index (κ3) is 7.30. The second-order valence-electron chi connectivity index (χ2n) is 2.69. The number of rotatable bonds is 6. The average Bonchev–Trinajstić information content (AvgIpc) is 1.86. The first-order valence-corrected chi connectivity index (χ1v) is 4.02. The van der Waals surface area contributed by atoms with Crippen LogP contribution in [0.4, 0.5) is 4.39 Å². The smallest absolute Gasteiger partial charge is 0.306 e. The lowest BCUT2D eigenvalue weighted by molar-refractivity contribution is -0.138. The molecule has 0 aliphatic rings. The Hall–Kier alpha value is -0.600. The highest BCUT2D eigenvalue weighted by atomic mass is 19.1. The lowest BCUT2D eigenvalue weighted by Crippen LogP contribution is -2.07. The molecule has 66 valence electrons. The van der Waals surface area contributed by atoms with E-state index in [1.807, 2.05) is 6.92 Å². The van der Waals surface area contributed by atoms with Gasteiger partial charge in [0.15, 0.2) is 0 Å². The fourth-order valence-corrected chi connectivity index (χ4v) is 0.907. The molecule has 0 aliphatic heterocycles. The van der Waals surface area contributed by atoms with Gasteiger partial charge in [-0.15, -0.1) is 0 Å². The normalized spacial score (nSPS) is 12.9. The Morgan fingerprint density at radius 1 is 1.55 bits per heavy atom. The summed E-state index contributed by atoms with van der Waals surface area (Å²) in [5, 5.41) is 8.20. The number of aliphatic carboxylic acids is 1. The van der Waals surface area contributed by atoms with Gasteiger partial charge in [0, 0.05) is 0 Å². The van der Waals surface area contributed by atoms with E-state index in [-0.39, 0.29) is 6.42 Å². The molecule has 0 heterocycles. The molecule has 0 aliphatic carbocycles. The summed E-state index contributed by atoms with van der Waals surface area (Å²) in [5.41, 5.74) is 0. The Labute approximate surface area is 66.4 Å². The summed E-state index contributed by atoms with van der Waals surface area (Å²) >= 11 is 0. The van der Waals surface area contributed by atoms with Crippen LogP contribution in [0.1, 0.15) is 39.0 Å². The third-order valence-corrected chi connectivity index (χ3v) is 1.52. The van der Waals surface area contributed by atoms with Gasteiger partial charge in [0.25, 0.3) is 0 Å². The summed E-state index contributed by atoms with van der Waals surface area (Å²) in [5.74, 6) is -1.05. The van der Waals surface area contributed by atoms with Gasteiger partial charge in [-0.2, -0.15) is 0 Å². The van der Waals surface area contributed by atoms with Crippen LogP contribution in [-0.2, 0) is 4.79 Å². The maximum atomic E-state index is 12.6. The monoisotopic (exact) mass is 162 g/mol. The van der Waals surface area contributed by atoms with Gasteiger partial charge in [-0.3, -0.25) is 4.79 Å². The Kier molecular flexibility index (Phi) is 5.80. The number of hydrogen-bond acceptors (Lipinski definition) is 1. The molecule has 1 atom stereocenters. The number of halogens is 1. The molecular weight excluding hydrogens is 147 g/mol. The molecule has 0 bridgehead atoms. The molecule has 0 radical (unpaired) electrons. The van der Waals surface area contributed by atoms with Gasteiger partial charge in [-0.1, -0.05) is 26.2 Å². The number of carbonyl (C=O) groups is 1. The van der Waals surface area contributed by atoms with Crippen LogP contribution < -0.4 is 0 Å².